The molecule has 1 heterocycles. The molecule has 112 valence electrons. The molecule has 0 aliphatic carbocycles. The number of hydrogen-bond donors (Lipinski definition) is 1. The van der Waals surface area contributed by atoms with Crippen LogP contribution in [0.3, 0.4) is 0 Å². The highest BCUT2D eigenvalue weighted by molar-refractivity contribution is 6.33. The standard InChI is InChI=1S/C16H16ClN5/c1-10-7-8-14(13(17)9-10)18-16-19-20-21-22(16)15-11(2)5-4-6-12(15)3/h4-9H,1-3H3,(H,18,19,21). The van der Waals surface area contributed by atoms with Crippen molar-refractivity contribution in [3.8, 4) is 5.69 Å². The average molecular weight is 314 g/mol. The van der Waals surface area contributed by atoms with Gasteiger partial charge in [0.05, 0.1) is 16.4 Å². The first-order chi connectivity index (χ1) is 10.6. The third kappa shape index (κ3) is 2.67. The molecule has 0 fully saturated rings. The molecular formula is C16H16ClN5. The monoisotopic (exact) mass is 313 g/mol. The van der Waals surface area contributed by atoms with E-state index < -0.39 is 0 Å². The van der Waals surface area contributed by atoms with Crippen LogP contribution in [0.15, 0.2) is 36.4 Å². The molecule has 0 amide bonds. The quantitative estimate of drug-likeness (QED) is 0.794. The lowest BCUT2D eigenvalue weighted by Gasteiger charge is -2.12. The number of aromatic nitrogens is 4. The molecule has 2 aromatic carbocycles. The van der Waals surface area contributed by atoms with E-state index >= 15 is 0 Å². The van der Waals surface area contributed by atoms with Gasteiger partial charge in [-0.1, -0.05) is 41.0 Å². The first kappa shape index (κ1) is 14.5. The van der Waals surface area contributed by atoms with Crippen LogP contribution >= 0.6 is 11.6 Å². The second-order valence-electron chi connectivity index (χ2n) is 5.26. The van der Waals surface area contributed by atoms with Gasteiger partial charge in [0.2, 0.25) is 0 Å². The molecule has 0 unspecified atom stereocenters. The summed E-state index contributed by atoms with van der Waals surface area (Å²) in [5.41, 5.74) is 5.05. The van der Waals surface area contributed by atoms with Crippen LogP contribution in [0.4, 0.5) is 11.6 Å². The molecule has 1 N–H and O–H groups in total. The lowest BCUT2D eigenvalue weighted by Crippen LogP contribution is -2.07. The van der Waals surface area contributed by atoms with Crippen molar-refractivity contribution in [3.05, 3.63) is 58.1 Å². The third-order valence-corrected chi connectivity index (χ3v) is 3.80. The van der Waals surface area contributed by atoms with Gasteiger partial charge >= 0.3 is 0 Å². The summed E-state index contributed by atoms with van der Waals surface area (Å²) in [5.74, 6) is 0.531. The number of para-hydroxylation sites is 1. The van der Waals surface area contributed by atoms with Crippen LogP contribution in [0.25, 0.3) is 5.69 Å². The van der Waals surface area contributed by atoms with E-state index in [0.29, 0.717) is 11.0 Å². The highest BCUT2D eigenvalue weighted by Crippen LogP contribution is 2.27. The molecule has 1 aromatic heterocycles. The molecule has 5 nitrogen and oxygen atoms in total. The number of nitrogens with one attached hydrogen (secondary N) is 1. The highest BCUT2D eigenvalue weighted by atomic mass is 35.5. The van der Waals surface area contributed by atoms with Crippen molar-refractivity contribution in [2.75, 3.05) is 5.32 Å². The Labute approximate surface area is 133 Å². The Morgan fingerprint density at radius 3 is 2.45 bits per heavy atom. The van der Waals surface area contributed by atoms with Crippen molar-refractivity contribution in [1.82, 2.24) is 20.2 Å². The van der Waals surface area contributed by atoms with Crippen molar-refractivity contribution in [1.29, 1.82) is 0 Å². The molecule has 22 heavy (non-hydrogen) atoms. The van der Waals surface area contributed by atoms with Gasteiger partial charge in [-0.3, -0.25) is 0 Å². The van der Waals surface area contributed by atoms with Crippen LogP contribution in [0.5, 0.6) is 0 Å². The van der Waals surface area contributed by atoms with Gasteiger partial charge in [0.25, 0.3) is 5.95 Å². The van der Waals surface area contributed by atoms with Crippen LogP contribution in [0.1, 0.15) is 16.7 Å². The minimum Gasteiger partial charge on any atom is -0.321 e. The summed E-state index contributed by atoms with van der Waals surface area (Å²) in [6, 6.07) is 11.9. The van der Waals surface area contributed by atoms with E-state index in [1.54, 1.807) is 4.68 Å². The Bertz CT molecular complexity index is 805. The maximum atomic E-state index is 6.27. The Balaban J connectivity index is 2.03. The van der Waals surface area contributed by atoms with Crippen LogP contribution in [-0.2, 0) is 0 Å². The molecular weight excluding hydrogens is 298 g/mol. The number of nitrogens with zero attached hydrogens (tertiary/aromatic N) is 4. The molecule has 0 atom stereocenters. The van der Waals surface area contributed by atoms with Crippen molar-refractivity contribution < 1.29 is 0 Å². The van der Waals surface area contributed by atoms with E-state index in [2.05, 4.69) is 20.8 Å². The van der Waals surface area contributed by atoms with Crippen LogP contribution in [-0.4, -0.2) is 20.2 Å². The predicted octanol–water partition coefficient (Wildman–Crippen LogP) is 3.98. The van der Waals surface area contributed by atoms with Gasteiger partial charge in [-0.25, -0.2) is 0 Å². The van der Waals surface area contributed by atoms with E-state index in [1.165, 1.54) is 0 Å². The summed E-state index contributed by atoms with van der Waals surface area (Å²) >= 11 is 6.27. The number of hydrogen-bond acceptors (Lipinski definition) is 4. The summed E-state index contributed by atoms with van der Waals surface area (Å²) in [4.78, 5) is 0. The van der Waals surface area contributed by atoms with Crippen molar-refractivity contribution >= 4 is 23.2 Å². The SMILES string of the molecule is Cc1ccc(Nc2nnnn2-c2c(C)cccc2C)c(Cl)c1. The van der Waals surface area contributed by atoms with Gasteiger partial charge in [-0.05, 0) is 60.0 Å². The third-order valence-electron chi connectivity index (χ3n) is 3.49. The number of aryl methyl sites for hydroxylation is 3. The van der Waals surface area contributed by atoms with Gasteiger partial charge in [0.1, 0.15) is 0 Å². The van der Waals surface area contributed by atoms with Crippen molar-refractivity contribution in [2.45, 2.75) is 20.8 Å². The predicted molar refractivity (Wildman–Crippen MR) is 88.1 cm³/mol. The van der Waals surface area contributed by atoms with Gasteiger partial charge in [0, 0.05) is 0 Å². The zero-order valence-corrected chi connectivity index (χ0v) is 13.4. The molecule has 0 aliphatic heterocycles. The number of rotatable bonds is 3. The van der Waals surface area contributed by atoms with E-state index in [0.717, 1.165) is 28.1 Å². The number of tetrazole rings is 1. The van der Waals surface area contributed by atoms with Gasteiger partial charge in [0.15, 0.2) is 0 Å². The minimum atomic E-state index is 0.531. The molecule has 6 heteroatoms. The Morgan fingerprint density at radius 1 is 1.05 bits per heavy atom. The fourth-order valence-corrected chi connectivity index (χ4v) is 2.68. The maximum Gasteiger partial charge on any atom is 0.252 e. The van der Waals surface area contributed by atoms with Crippen LogP contribution < -0.4 is 5.32 Å². The van der Waals surface area contributed by atoms with E-state index in [9.17, 15) is 0 Å². The molecule has 0 spiro atoms. The fourth-order valence-electron chi connectivity index (χ4n) is 2.40. The molecule has 0 aliphatic rings. The normalized spacial score (nSPS) is 10.7. The smallest absolute Gasteiger partial charge is 0.252 e. The zero-order valence-electron chi connectivity index (χ0n) is 12.6. The number of halogens is 1. The maximum absolute atomic E-state index is 6.27. The Hall–Kier alpha value is -2.40. The molecule has 0 saturated heterocycles. The first-order valence-electron chi connectivity index (χ1n) is 6.94. The molecule has 3 rings (SSSR count). The largest absolute Gasteiger partial charge is 0.321 e. The summed E-state index contributed by atoms with van der Waals surface area (Å²) in [6.07, 6.45) is 0. The summed E-state index contributed by atoms with van der Waals surface area (Å²) in [5, 5.41) is 15.8. The minimum absolute atomic E-state index is 0.531. The van der Waals surface area contributed by atoms with E-state index in [1.807, 2.05) is 57.2 Å². The van der Waals surface area contributed by atoms with Crippen LogP contribution in [0.2, 0.25) is 5.02 Å². The molecule has 0 bridgehead atoms. The summed E-state index contributed by atoms with van der Waals surface area (Å²) < 4.78 is 1.70. The van der Waals surface area contributed by atoms with Gasteiger partial charge in [-0.2, -0.15) is 4.68 Å². The Morgan fingerprint density at radius 2 is 1.77 bits per heavy atom. The fraction of sp³-hybridized carbons (Fsp3) is 0.188. The molecule has 0 saturated carbocycles. The second kappa shape index (κ2) is 5.77. The van der Waals surface area contributed by atoms with Crippen molar-refractivity contribution in [3.63, 3.8) is 0 Å². The summed E-state index contributed by atoms with van der Waals surface area (Å²) in [6.45, 7) is 6.07. The summed E-state index contributed by atoms with van der Waals surface area (Å²) in [7, 11) is 0. The van der Waals surface area contributed by atoms with E-state index in [-0.39, 0.29) is 0 Å². The highest BCUT2D eigenvalue weighted by Gasteiger charge is 2.13. The first-order valence-corrected chi connectivity index (χ1v) is 7.32. The zero-order chi connectivity index (χ0) is 15.7. The lowest BCUT2D eigenvalue weighted by atomic mass is 10.1. The second-order valence-corrected chi connectivity index (χ2v) is 5.67. The van der Waals surface area contributed by atoms with Crippen molar-refractivity contribution in [2.24, 2.45) is 0 Å². The topological polar surface area (TPSA) is 55.6 Å². The van der Waals surface area contributed by atoms with Crippen LogP contribution in [0, 0.1) is 20.8 Å². The Kier molecular flexibility index (Phi) is 3.81. The average Bonchev–Trinajstić information content (AvgIpc) is 2.90. The van der Waals surface area contributed by atoms with E-state index in [4.69, 9.17) is 11.6 Å². The number of anilines is 2. The molecule has 0 radical (unpaired) electrons. The number of benzene rings is 2. The van der Waals surface area contributed by atoms with Gasteiger partial charge in [-0.15, -0.1) is 0 Å². The van der Waals surface area contributed by atoms with Gasteiger partial charge < -0.3 is 5.32 Å². The molecule has 3 aromatic rings. The lowest BCUT2D eigenvalue weighted by molar-refractivity contribution is 0.784.